The van der Waals surface area contributed by atoms with E-state index >= 15 is 0 Å². The van der Waals surface area contributed by atoms with Crippen LogP contribution in [-0.2, 0) is 10.0 Å². The lowest BCUT2D eigenvalue weighted by atomic mass is 10.1. The standard InChI is InChI=1S/C12H19N3O4S.ClH/c1-4-13-5-6-14-20(18,19)12-8-11(15(16)17)7-9(2)10(12)3;/h7-8,13-14H,4-6H2,1-3H3;1H. The van der Waals surface area contributed by atoms with Crippen molar-refractivity contribution in [3.05, 3.63) is 33.4 Å². The van der Waals surface area contributed by atoms with E-state index in [0.717, 1.165) is 12.6 Å². The predicted molar refractivity (Wildman–Crippen MR) is 83.6 cm³/mol. The highest BCUT2D eigenvalue weighted by atomic mass is 35.5. The van der Waals surface area contributed by atoms with Crippen molar-refractivity contribution in [3.63, 3.8) is 0 Å². The second-order valence-electron chi connectivity index (χ2n) is 4.39. The molecular weight excluding hydrogens is 318 g/mol. The van der Waals surface area contributed by atoms with Crippen LogP contribution in [0.2, 0.25) is 0 Å². The largest absolute Gasteiger partial charge is 0.316 e. The lowest BCUT2D eigenvalue weighted by Gasteiger charge is -2.11. The summed E-state index contributed by atoms with van der Waals surface area (Å²) in [5.41, 5.74) is 0.873. The summed E-state index contributed by atoms with van der Waals surface area (Å²) in [6.07, 6.45) is 0. The van der Waals surface area contributed by atoms with Crippen LogP contribution in [0.3, 0.4) is 0 Å². The highest BCUT2D eigenvalue weighted by molar-refractivity contribution is 7.89. The Morgan fingerprint density at radius 3 is 2.38 bits per heavy atom. The SMILES string of the molecule is CCNCCNS(=O)(=O)c1cc([N+](=O)[O-])cc(C)c1C.Cl. The maximum absolute atomic E-state index is 12.2. The first-order chi connectivity index (χ1) is 9.29. The molecule has 9 heteroatoms. The summed E-state index contributed by atoms with van der Waals surface area (Å²) < 4.78 is 26.8. The van der Waals surface area contributed by atoms with Gasteiger partial charge in [0.1, 0.15) is 0 Å². The fraction of sp³-hybridized carbons (Fsp3) is 0.500. The molecule has 0 heterocycles. The van der Waals surface area contributed by atoms with E-state index in [0.29, 0.717) is 17.7 Å². The van der Waals surface area contributed by atoms with Crippen LogP contribution >= 0.6 is 12.4 Å². The molecule has 0 aromatic heterocycles. The molecule has 0 aliphatic carbocycles. The molecule has 0 radical (unpaired) electrons. The van der Waals surface area contributed by atoms with Gasteiger partial charge >= 0.3 is 0 Å². The minimum atomic E-state index is -3.74. The Labute approximate surface area is 130 Å². The van der Waals surface area contributed by atoms with Gasteiger partial charge in [-0.3, -0.25) is 10.1 Å². The molecule has 0 amide bonds. The maximum Gasteiger partial charge on any atom is 0.271 e. The zero-order chi connectivity index (χ0) is 15.3. The first-order valence-electron chi connectivity index (χ1n) is 6.25. The number of hydrogen-bond acceptors (Lipinski definition) is 5. The molecule has 0 fully saturated rings. The molecule has 0 saturated heterocycles. The monoisotopic (exact) mass is 337 g/mol. The van der Waals surface area contributed by atoms with E-state index in [1.54, 1.807) is 13.8 Å². The number of nitro groups is 1. The molecule has 1 aromatic rings. The Balaban J connectivity index is 0.00000400. The van der Waals surface area contributed by atoms with E-state index in [9.17, 15) is 18.5 Å². The number of non-ortho nitro benzene ring substituents is 1. The van der Waals surface area contributed by atoms with Crippen molar-refractivity contribution in [2.45, 2.75) is 25.7 Å². The summed E-state index contributed by atoms with van der Waals surface area (Å²) in [5.74, 6) is 0. The number of rotatable bonds is 7. The summed E-state index contributed by atoms with van der Waals surface area (Å²) in [5, 5.41) is 13.8. The molecule has 0 atom stereocenters. The molecule has 0 spiro atoms. The molecule has 1 rings (SSSR count). The second-order valence-corrected chi connectivity index (χ2v) is 6.13. The van der Waals surface area contributed by atoms with Crippen molar-refractivity contribution >= 4 is 28.1 Å². The van der Waals surface area contributed by atoms with Crippen molar-refractivity contribution in [3.8, 4) is 0 Å². The van der Waals surface area contributed by atoms with Crippen molar-refractivity contribution in [1.82, 2.24) is 10.0 Å². The lowest BCUT2D eigenvalue weighted by Crippen LogP contribution is -2.32. The highest BCUT2D eigenvalue weighted by Gasteiger charge is 2.21. The molecule has 7 nitrogen and oxygen atoms in total. The number of nitro benzene ring substituents is 1. The van der Waals surface area contributed by atoms with Crippen LogP contribution in [0.15, 0.2) is 17.0 Å². The van der Waals surface area contributed by atoms with Gasteiger partial charge in [0.2, 0.25) is 10.0 Å². The number of benzene rings is 1. The van der Waals surface area contributed by atoms with E-state index in [4.69, 9.17) is 0 Å². The van der Waals surface area contributed by atoms with E-state index in [-0.39, 0.29) is 29.5 Å². The number of sulfonamides is 1. The maximum atomic E-state index is 12.2. The molecule has 21 heavy (non-hydrogen) atoms. The summed E-state index contributed by atoms with van der Waals surface area (Å²) >= 11 is 0. The van der Waals surface area contributed by atoms with Crippen LogP contribution in [0.5, 0.6) is 0 Å². The average Bonchev–Trinajstić information content (AvgIpc) is 2.37. The molecule has 0 aliphatic rings. The van der Waals surface area contributed by atoms with Crippen LogP contribution < -0.4 is 10.0 Å². The normalized spacial score (nSPS) is 11.0. The van der Waals surface area contributed by atoms with Crippen LogP contribution in [0.25, 0.3) is 0 Å². The quantitative estimate of drug-likeness (QED) is 0.446. The van der Waals surface area contributed by atoms with Crippen LogP contribution in [0, 0.1) is 24.0 Å². The minimum absolute atomic E-state index is 0. The van der Waals surface area contributed by atoms with Gasteiger partial charge in [-0.05, 0) is 31.5 Å². The Bertz CT molecular complexity index is 605. The zero-order valence-electron chi connectivity index (χ0n) is 12.2. The van der Waals surface area contributed by atoms with Crippen molar-refractivity contribution in [2.24, 2.45) is 0 Å². The summed E-state index contributed by atoms with van der Waals surface area (Å²) in [7, 11) is -3.74. The molecule has 0 aliphatic heterocycles. The molecule has 2 N–H and O–H groups in total. The summed E-state index contributed by atoms with van der Waals surface area (Å²) in [4.78, 5) is 10.2. The number of halogens is 1. The van der Waals surface area contributed by atoms with Gasteiger partial charge in [0, 0.05) is 25.2 Å². The molecule has 0 bridgehead atoms. The van der Waals surface area contributed by atoms with Crippen molar-refractivity contribution in [2.75, 3.05) is 19.6 Å². The summed E-state index contributed by atoms with van der Waals surface area (Å²) in [6.45, 7) is 6.69. The van der Waals surface area contributed by atoms with E-state index in [1.807, 2.05) is 6.92 Å². The van der Waals surface area contributed by atoms with Gasteiger partial charge in [-0.15, -0.1) is 12.4 Å². The van der Waals surface area contributed by atoms with Crippen molar-refractivity contribution in [1.29, 1.82) is 0 Å². The molecule has 1 aromatic carbocycles. The molecule has 0 saturated carbocycles. The number of aryl methyl sites for hydroxylation is 1. The highest BCUT2D eigenvalue weighted by Crippen LogP contribution is 2.25. The fourth-order valence-corrected chi connectivity index (χ4v) is 3.09. The Morgan fingerprint density at radius 2 is 1.86 bits per heavy atom. The summed E-state index contributed by atoms with van der Waals surface area (Å²) in [6, 6.07) is 2.46. The predicted octanol–water partition coefficient (Wildman–Crippen LogP) is 1.52. The smallest absolute Gasteiger partial charge is 0.271 e. The van der Waals surface area contributed by atoms with Crippen molar-refractivity contribution < 1.29 is 13.3 Å². The van der Waals surface area contributed by atoms with Gasteiger partial charge in [-0.2, -0.15) is 0 Å². The van der Waals surface area contributed by atoms with Gasteiger partial charge in [0.05, 0.1) is 9.82 Å². The van der Waals surface area contributed by atoms with Crippen LogP contribution in [0.1, 0.15) is 18.1 Å². The van der Waals surface area contributed by atoms with E-state index in [1.165, 1.54) is 6.07 Å². The van der Waals surface area contributed by atoms with Crippen LogP contribution in [-0.4, -0.2) is 33.0 Å². The van der Waals surface area contributed by atoms with E-state index in [2.05, 4.69) is 10.0 Å². The van der Waals surface area contributed by atoms with Gasteiger partial charge in [0.15, 0.2) is 0 Å². The molecule has 0 unspecified atom stereocenters. The number of likely N-dealkylation sites (N-methyl/N-ethyl adjacent to an activating group) is 1. The third-order valence-electron chi connectivity index (χ3n) is 2.95. The average molecular weight is 338 g/mol. The van der Waals surface area contributed by atoms with Gasteiger partial charge in [0.25, 0.3) is 5.69 Å². The Morgan fingerprint density at radius 1 is 1.24 bits per heavy atom. The second kappa shape index (κ2) is 8.28. The van der Waals surface area contributed by atoms with Gasteiger partial charge in [-0.1, -0.05) is 6.92 Å². The first-order valence-corrected chi connectivity index (χ1v) is 7.74. The third kappa shape index (κ3) is 5.24. The number of hydrogen-bond donors (Lipinski definition) is 2. The third-order valence-corrected chi connectivity index (χ3v) is 4.54. The Kier molecular flexibility index (Phi) is 7.80. The fourth-order valence-electron chi connectivity index (χ4n) is 1.72. The van der Waals surface area contributed by atoms with Gasteiger partial charge in [-0.25, -0.2) is 13.1 Å². The zero-order valence-corrected chi connectivity index (χ0v) is 13.8. The first kappa shape index (κ1) is 19.8. The van der Waals surface area contributed by atoms with E-state index < -0.39 is 14.9 Å². The topological polar surface area (TPSA) is 101 Å². The minimum Gasteiger partial charge on any atom is -0.316 e. The van der Waals surface area contributed by atoms with Crippen LogP contribution in [0.4, 0.5) is 5.69 Å². The molecular formula is C12H20ClN3O4S. The number of nitrogens with one attached hydrogen (secondary N) is 2. The molecule has 120 valence electrons. The Hall–Kier alpha value is -1.22. The lowest BCUT2D eigenvalue weighted by molar-refractivity contribution is -0.385. The van der Waals surface area contributed by atoms with Gasteiger partial charge < -0.3 is 5.32 Å². The number of nitrogens with zero attached hydrogens (tertiary/aromatic N) is 1.